The molecule has 8 heteroatoms. The molecular formula is C11H11FN2O4S. The Morgan fingerprint density at radius 1 is 1.21 bits per heavy atom. The predicted molar refractivity (Wildman–Crippen MR) is 63.0 cm³/mol. The first-order valence-electron chi connectivity index (χ1n) is 5.39. The lowest BCUT2D eigenvalue weighted by molar-refractivity contribution is -0.134. The van der Waals surface area contributed by atoms with E-state index in [2.05, 4.69) is 0 Å². The molecule has 1 heterocycles. The number of amides is 2. The summed E-state index contributed by atoms with van der Waals surface area (Å²) >= 11 is 0. The minimum Gasteiger partial charge on any atom is -0.294 e. The number of benzene rings is 1. The Hall–Kier alpha value is -1.80. The molecular weight excluding hydrogens is 275 g/mol. The quantitative estimate of drug-likeness (QED) is 0.762. The second kappa shape index (κ2) is 4.71. The van der Waals surface area contributed by atoms with Gasteiger partial charge >= 0.3 is 0 Å². The highest BCUT2D eigenvalue weighted by atomic mass is 32.2. The molecule has 2 rings (SSSR count). The number of nitrogens with one attached hydrogen (secondary N) is 1. The first-order chi connectivity index (χ1) is 8.80. The number of carbonyl (C=O) groups excluding carboxylic acids is 2. The molecule has 1 fully saturated rings. The summed E-state index contributed by atoms with van der Waals surface area (Å²) < 4.78 is 38.3. The molecule has 1 N–H and O–H groups in total. The molecule has 0 radical (unpaired) electrons. The minimum absolute atomic E-state index is 0.114. The SMILES string of the molecule is Cc1cc(F)ccc1S(=O)(=O)N1CC(=O)NC(=O)C1. The van der Waals surface area contributed by atoms with Crippen LogP contribution < -0.4 is 5.32 Å². The van der Waals surface area contributed by atoms with Gasteiger partial charge in [-0.05, 0) is 30.7 Å². The predicted octanol–water partition coefficient (Wildman–Crippen LogP) is -0.219. The fourth-order valence-corrected chi connectivity index (χ4v) is 3.38. The highest BCUT2D eigenvalue weighted by Gasteiger charge is 2.33. The van der Waals surface area contributed by atoms with Gasteiger partial charge in [-0.25, -0.2) is 12.8 Å². The fourth-order valence-electron chi connectivity index (χ4n) is 1.82. The summed E-state index contributed by atoms with van der Waals surface area (Å²) in [5.74, 6) is -1.91. The number of hydrogen-bond acceptors (Lipinski definition) is 4. The number of nitrogens with zero attached hydrogens (tertiary/aromatic N) is 1. The summed E-state index contributed by atoms with van der Waals surface area (Å²) in [6, 6.07) is 3.22. The van der Waals surface area contributed by atoms with Crippen LogP contribution in [-0.4, -0.2) is 37.6 Å². The van der Waals surface area contributed by atoms with Crippen molar-refractivity contribution < 1.29 is 22.4 Å². The molecule has 0 aliphatic carbocycles. The van der Waals surface area contributed by atoms with Crippen molar-refractivity contribution >= 4 is 21.8 Å². The molecule has 6 nitrogen and oxygen atoms in total. The van der Waals surface area contributed by atoms with Crippen molar-refractivity contribution in [2.75, 3.05) is 13.1 Å². The van der Waals surface area contributed by atoms with Gasteiger partial charge in [0.1, 0.15) is 5.82 Å². The number of rotatable bonds is 2. The van der Waals surface area contributed by atoms with Crippen molar-refractivity contribution in [2.24, 2.45) is 0 Å². The maximum absolute atomic E-state index is 13.0. The van der Waals surface area contributed by atoms with Crippen molar-refractivity contribution in [2.45, 2.75) is 11.8 Å². The standard InChI is InChI=1S/C11H11FN2O4S/c1-7-4-8(12)2-3-9(7)19(17,18)14-5-10(15)13-11(16)6-14/h2-4H,5-6H2,1H3,(H,13,15,16). The van der Waals surface area contributed by atoms with E-state index in [4.69, 9.17) is 0 Å². The molecule has 0 unspecified atom stereocenters. The third-order valence-corrected chi connectivity index (χ3v) is 4.63. The third kappa shape index (κ3) is 2.64. The normalized spacial score (nSPS) is 17.4. The van der Waals surface area contributed by atoms with Crippen LogP contribution in [0.25, 0.3) is 0 Å². The first kappa shape index (κ1) is 13.6. The van der Waals surface area contributed by atoms with E-state index in [9.17, 15) is 22.4 Å². The Bertz CT molecular complexity index is 641. The molecule has 2 amide bonds. The van der Waals surface area contributed by atoms with Crippen molar-refractivity contribution in [1.29, 1.82) is 0 Å². The topological polar surface area (TPSA) is 83.6 Å². The van der Waals surface area contributed by atoms with Gasteiger partial charge in [0.15, 0.2) is 0 Å². The van der Waals surface area contributed by atoms with Crippen molar-refractivity contribution in [3.05, 3.63) is 29.6 Å². The van der Waals surface area contributed by atoms with Gasteiger partial charge in [0.25, 0.3) is 0 Å². The molecule has 0 aromatic heterocycles. The summed E-state index contributed by atoms with van der Waals surface area (Å²) in [7, 11) is -3.99. The van der Waals surface area contributed by atoms with Crippen LogP contribution in [0.15, 0.2) is 23.1 Å². The number of imide groups is 1. The lowest BCUT2D eigenvalue weighted by atomic mass is 10.2. The van der Waals surface area contributed by atoms with Crippen LogP contribution in [0.1, 0.15) is 5.56 Å². The van der Waals surface area contributed by atoms with E-state index in [1.54, 1.807) is 0 Å². The second-order valence-corrected chi connectivity index (χ2v) is 6.06. The zero-order valence-electron chi connectivity index (χ0n) is 10.0. The number of sulfonamides is 1. The van der Waals surface area contributed by atoms with Gasteiger partial charge in [0.2, 0.25) is 21.8 Å². The first-order valence-corrected chi connectivity index (χ1v) is 6.83. The molecule has 0 bridgehead atoms. The van der Waals surface area contributed by atoms with Crippen molar-refractivity contribution in [3.8, 4) is 0 Å². The van der Waals surface area contributed by atoms with Gasteiger partial charge in [-0.2, -0.15) is 4.31 Å². The largest absolute Gasteiger partial charge is 0.294 e. The van der Waals surface area contributed by atoms with E-state index in [0.717, 1.165) is 22.5 Å². The van der Waals surface area contributed by atoms with Crippen molar-refractivity contribution in [1.82, 2.24) is 9.62 Å². The van der Waals surface area contributed by atoms with Gasteiger partial charge in [0.05, 0.1) is 18.0 Å². The van der Waals surface area contributed by atoms with Crippen LogP contribution in [0.3, 0.4) is 0 Å². The molecule has 1 aliphatic rings. The van der Waals surface area contributed by atoms with Crippen LogP contribution in [0, 0.1) is 12.7 Å². The fraction of sp³-hybridized carbons (Fsp3) is 0.273. The molecule has 19 heavy (non-hydrogen) atoms. The number of aryl methyl sites for hydroxylation is 1. The molecule has 1 aliphatic heterocycles. The summed E-state index contributed by atoms with van der Waals surface area (Å²) in [6.45, 7) is 0.595. The van der Waals surface area contributed by atoms with Gasteiger partial charge < -0.3 is 0 Å². The molecule has 0 spiro atoms. The second-order valence-electron chi connectivity index (χ2n) is 4.15. The number of carbonyl (C=O) groups is 2. The van der Waals surface area contributed by atoms with Crippen LogP contribution in [0.4, 0.5) is 4.39 Å². The maximum Gasteiger partial charge on any atom is 0.244 e. The van der Waals surface area contributed by atoms with Crippen LogP contribution in [-0.2, 0) is 19.6 Å². The van der Waals surface area contributed by atoms with Gasteiger partial charge in [0, 0.05) is 0 Å². The average molecular weight is 286 g/mol. The highest BCUT2D eigenvalue weighted by Crippen LogP contribution is 2.21. The zero-order valence-corrected chi connectivity index (χ0v) is 10.8. The number of piperazine rings is 1. The number of halogens is 1. The Balaban J connectivity index is 2.42. The summed E-state index contributed by atoms with van der Waals surface area (Å²) in [5.41, 5.74) is 0.221. The Kier molecular flexibility index (Phi) is 3.38. The lowest BCUT2D eigenvalue weighted by Crippen LogP contribution is -2.53. The van der Waals surface area contributed by atoms with Gasteiger partial charge in [-0.1, -0.05) is 0 Å². The molecule has 1 saturated heterocycles. The van der Waals surface area contributed by atoms with Gasteiger partial charge in [-0.3, -0.25) is 14.9 Å². The summed E-state index contributed by atoms with van der Waals surface area (Å²) in [4.78, 5) is 22.3. The van der Waals surface area contributed by atoms with Crippen LogP contribution in [0.5, 0.6) is 0 Å². The Labute approximate surface area is 109 Å². The van der Waals surface area contributed by atoms with Crippen molar-refractivity contribution in [3.63, 3.8) is 0 Å². The lowest BCUT2D eigenvalue weighted by Gasteiger charge is -2.25. The van der Waals surface area contributed by atoms with E-state index in [-0.39, 0.29) is 10.5 Å². The molecule has 1 aromatic rings. The van der Waals surface area contributed by atoms with Crippen LogP contribution >= 0.6 is 0 Å². The van der Waals surface area contributed by atoms with E-state index in [1.165, 1.54) is 6.92 Å². The Morgan fingerprint density at radius 3 is 2.32 bits per heavy atom. The van der Waals surface area contributed by atoms with E-state index < -0.39 is 40.7 Å². The van der Waals surface area contributed by atoms with Gasteiger partial charge in [-0.15, -0.1) is 0 Å². The smallest absolute Gasteiger partial charge is 0.244 e. The monoisotopic (exact) mass is 286 g/mol. The maximum atomic E-state index is 13.0. The summed E-state index contributed by atoms with van der Waals surface area (Å²) in [6.07, 6.45) is 0. The third-order valence-electron chi connectivity index (χ3n) is 2.67. The molecule has 102 valence electrons. The minimum atomic E-state index is -3.99. The van der Waals surface area contributed by atoms with E-state index >= 15 is 0 Å². The molecule has 0 saturated carbocycles. The number of hydrogen-bond donors (Lipinski definition) is 1. The highest BCUT2D eigenvalue weighted by molar-refractivity contribution is 7.89. The average Bonchev–Trinajstić information content (AvgIpc) is 2.26. The van der Waals surface area contributed by atoms with E-state index in [1.807, 2.05) is 5.32 Å². The zero-order chi connectivity index (χ0) is 14.2. The Morgan fingerprint density at radius 2 is 1.79 bits per heavy atom. The molecule has 0 atom stereocenters. The van der Waals surface area contributed by atoms with E-state index in [0.29, 0.717) is 0 Å². The van der Waals surface area contributed by atoms with Crippen LogP contribution in [0.2, 0.25) is 0 Å². The summed E-state index contributed by atoms with van der Waals surface area (Å²) in [5, 5.41) is 2.01. The molecule has 1 aromatic carbocycles.